The zero-order chi connectivity index (χ0) is 20.5. The van der Waals surface area contributed by atoms with Crippen LogP contribution in [0.4, 0.5) is 0 Å². The normalized spacial score (nSPS) is 11.6. The van der Waals surface area contributed by atoms with Gasteiger partial charge in [0.25, 0.3) is 5.91 Å². The summed E-state index contributed by atoms with van der Waals surface area (Å²) in [6.45, 7) is 6.42. The van der Waals surface area contributed by atoms with Crippen molar-refractivity contribution in [3.05, 3.63) is 64.7 Å². The summed E-state index contributed by atoms with van der Waals surface area (Å²) < 4.78 is 5.62. The van der Waals surface area contributed by atoms with Crippen molar-refractivity contribution in [2.75, 3.05) is 13.2 Å². The fourth-order valence-electron chi connectivity index (χ4n) is 2.89. The molecule has 5 nitrogen and oxygen atoms in total. The Hall–Kier alpha value is -2.53. The van der Waals surface area contributed by atoms with Gasteiger partial charge in [0.1, 0.15) is 11.8 Å². The number of halogens is 1. The van der Waals surface area contributed by atoms with Crippen LogP contribution in [0.2, 0.25) is 5.02 Å². The zero-order valence-electron chi connectivity index (χ0n) is 16.6. The number of para-hydroxylation sites is 1. The van der Waals surface area contributed by atoms with Gasteiger partial charge in [0.15, 0.2) is 6.61 Å². The number of nitrogens with one attached hydrogen (secondary N) is 1. The van der Waals surface area contributed by atoms with Crippen molar-refractivity contribution in [3.63, 3.8) is 0 Å². The SMILES string of the molecule is CCNC(=O)C(CC)N(Cc1ccc(C)cc1)C(=O)COc1ccccc1Cl. The highest BCUT2D eigenvalue weighted by Crippen LogP contribution is 2.23. The van der Waals surface area contributed by atoms with E-state index < -0.39 is 6.04 Å². The molecule has 0 aliphatic carbocycles. The van der Waals surface area contributed by atoms with Crippen LogP contribution in [0.15, 0.2) is 48.5 Å². The van der Waals surface area contributed by atoms with E-state index in [0.29, 0.717) is 30.3 Å². The molecule has 6 heteroatoms. The number of carbonyl (C=O) groups excluding carboxylic acids is 2. The van der Waals surface area contributed by atoms with Crippen LogP contribution in [-0.4, -0.2) is 35.9 Å². The minimum Gasteiger partial charge on any atom is -0.482 e. The molecule has 28 heavy (non-hydrogen) atoms. The third kappa shape index (κ3) is 5.99. The third-order valence-corrected chi connectivity index (χ3v) is 4.71. The highest BCUT2D eigenvalue weighted by molar-refractivity contribution is 6.32. The Morgan fingerprint density at radius 3 is 2.39 bits per heavy atom. The predicted molar refractivity (Wildman–Crippen MR) is 111 cm³/mol. The molecule has 1 atom stereocenters. The van der Waals surface area contributed by atoms with Gasteiger partial charge in [-0.05, 0) is 38.0 Å². The molecule has 0 saturated heterocycles. The van der Waals surface area contributed by atoms with Gasteiger partial charge >= 0.3 is 0 Å². The fraction of sp³-hybridized carbons (Fsp3) is 0.364. The average Bonchev–Trinajstić information content (AvgIpc) is 2.68. The number of benzene rings is 2. The van der Waals surface area contributed by atoms with E-state index in [9.17, 15) is 9.59 Å². The van der Waals surface area contributed by atoms with Gasteiger partial charge in [-0.3, -0.25) is 9.59 Å². The number of carbonyl (C=O) groups is 2. The molecule has 2 amide bonds. The van der Waals surface area contributed by atoms with E-state index in [1.807, 2.05) is 45.0 Å². The van der Waals surface area contributed by atoms with Crippen LogP contribution >= 0.6 is 11.6 Å². The molecule has 0 radical (unpaired) electrons. The van der Waals surface area contributed by atoms with Crippen molar-refractivity contribution in [2.24, 2.45) is 0 Å². The van der Waals surface area contributed by atoms with E-state index in [-0.39, 0.29) is 18.4 Å². The Morgan fingerprint density at radius 1 is 1.11 bits per heavy atom. The lowest BCUT2D eigenvalue weighted by Gasteiger charge is -2.30. The molecule has 0 heterocycles. The standard InChI is InChI=1S/C22H27ClN2O3/c1-4-19(22(27)24-5-2)25(14-17-12-10-16(3)11-13-17)21(26)15-28-20-9-7-6-8-18(20)23/h6-13,19H,4-5,14-15H2,1-3H3,(H,24,27). The summed E-state index contributed by atoms with van der Waals surface area (Å²) in [5.74, 6) is 0.0145. The summed E-state index contributed by atoms with van der Waals surface area (Å²) >= 11 is 6.10. The first kappa shape index (κ1) is 21.8. The number of hydrogen-bond acceptors (Lipinski definition) is 3. The number of rotatable bonds is 9. The first-order valence-electron chi connectivity index (χ1n) is 9.46. The molecule has 0 fully saturated rings. The predicted octanol–water partition coefficient (Wildman–Crippen LogP) is 3.97. The molecule has 2 aromatic rings. The minimum absolute atomic E-state index is 0.164. The van der Waals surface area contributed by atoms with Crippen molar-refractivity contribution >= 4 is 23.4 Å². The van der Waals surface area contributed by atoms with Gasteiger partial charge in [0.2, 0.25) is 5.91 Å². The van der Waals surface area contributed by atoms with E-state index in [2.05, 4.69) is 5.32 Å². The van der Waals surface area contributed by atoms with Crippen LogP contribution in [0, 0.1) is 6.92 Å². The van der Waals surface area contributed by atoms with Crippen molar-refractivity contribution in [2.45, 2.75) is 39.8 Å². The second-order valence-corrected chi connectivity index (χ2v) is 6.95. The maximum atomic E-state index is 13.0. The Morgan fingerprint density at radius 2 is 1.79 bits per heavy atom. The molecule has 1 unspecified atom stereocenters. The molecular formula is C22H27ClN2O3. The number of likely N-dealkylation sites (N-methyl/N-ethyl adjacent to an activating group) is 1. The molecule has 150 valence electrons. The Kier molecular flexibility index (Phi) is 8.33. The van der Waals surface area contributed by atoms with Crippen molar-refractivity contribution in [1.82, 2.24) is 10.2 Å². The summed E-state index contributed by atoms with van der Waals surface area (Å²) in [5, 5.41) is 3.26. The summed E-state index contributed by atoms with van der Waals surface area (Å²) in [4.78, 5) is 27.1. The highest BCUT2D eigenvalue weighted by atomic mass is 35.5. The molecule has 0 spiro atoms. The number of amides is 2. The summed E-state index contributed by atoms with van der Waals surface area (Å²) in [6.07, 6.45) is 0.509. The Labute approximate surface area is 171 Å². The number of aryl methyl sites for hydroxylation is 1. The van der Waals surface area contributed by atoms with Crippen LogP contribution in [-0.2, 0) is 16.1 Å². The quantitative estimate of drug-likeness (QED) is 0.690. The van der Waals surface area contributed by atoms with Gasteiger partial charge in [-0.15, -0.1) is 0 Å². The summed E-state index contributed by atoms with van der Waals surface area (Å²) in [6, 6.07) is 14.3. The maximum absolute atomic E-state index is 13.0. The molecule has 0 bridgehead atoms. The van der Waals surface area contributed by atoms with Crippen LogP contribution < -0.4 is 10.1 Å². The molecule has 0 saturated carbocycles. The van der Waals surface area contributed by atoms with E-state index in [1.54, 1.807) is 29.2 Å². The Balaban J connectivity index is 2.19. The van der Waals surface area contributed by atoms with Crippen LogP contribution in [0.3, 0.4) is 0 Å². The number of ether oxygens (including phenoxy) is 1. The lowest BCUT2D eigenvalue weighted by atomic mass is 10.1. The molecular weight excluding hydrogens is 376 g/mol. The van der Waals surface area contributed by atoms with E-state index in [0.717, 1.165) is 11.1 Å². The molecule has 1 N–H and O–H groups in total. The fourth-order valence-corrected chi connectivity index (χ4v) is 3.08. The van der Waals surface area contributed by atoms with Crippen LogP contribution in [0.5, 0.6) is 5.75 Å². The van der Waals surface area contributed by atoms with Crippen LogP contribution in [0.25, 0.3) is 0 Å². The van der Waals surface area contributed by atoms with Gasteiger partial charge < -0.3 is 15.0 Å². The number of hydrogen-bond donors (Lipinski definition) is 1. The number of nitrogens with zero attached hydrogens (tertiary/aromatic N) is 1. The zero-order valence-corrected chi connectivity index (χ0v) is 17.3. The van der Waals surface area contributed by atoms with Gasteiger partial charge in [-0.2, -0.15) is 0 Å². The highest BCUT2D eigenvalue weighted by Gasteiger charge is 2.28. The van der Waals surface area contributed by atoms with E-state index in [1.165, 1.54) is 0 Å². The van der Waals surface area contributed by atoms with Gasteiger partial charge in [0, 0.05) is 13.1 Å². The van der Waals surface area contributed by atoms with Gasteiger partial charge in [0.05, 0.1) is 5.02 Å². The first-order chi connectivity index (χ1) is 13.5. The Bertz CT molecular complexity index is 793. The molecule has 0 aliphatic rings. The second-order valence-electron chi connectivity index (χ2n) is 6.54. The lowest BCUT2D eigenvalue weighted by Crippen LogP contribution is -2.50. The van der Waals surface area contributed by atoms with E-state index in [4.69, 9.17) is 16.3 Å². The molecule has 2 rings (SSSR count). The molecule has 0 aliphatic heterocycles. The molecule has 2 aromatic carbocycles. The average molecular weight is 403 g/mol. The smallest absolute Gasteiger partial charge is 0.261 e. The summed E-state index contributed by atoms with van der Waals surface area (Å²) in [5.41, 5.74) is 2.10. The van der Waals surface area contributed by atoms with Crippen LogP contribution in [0.1, 0.15) is 31.4 Å². The van der Waals surface area contributed by atoms with E-state index >= 15 is 0 Å². The van der Waals surface area contributed by atoms with Gasteiger partial charge in [-0.1, -0.05) is 60.5 Å². The summed E-state index contributed by atoms with van der Waals surface area (Å²) in [7, 11) is 0. The molecule has 0 aromatic heterocycles. The lowest BCUT2D eigenvalue weighted by molar-refractivity contribution is -0.142. The maximum Gasteiger partial charge on any atom is 0.261 e. The topological polar surface area (TPSA) is 58.6 Å². The third-order valence-electron chi connectivity index (χ3n) is 4.40. The van der Waals surface area contributed by atoms with Crippen molar-refractivity contribution in [1.29, 1.82) is 0 Å². The first-order valence-corrected chi connectivity index (χ1v) is 9.84. The largest absolute Gasteiger partial charge is 0.482 e. The minimum atomic E-state index is -0.566. The van der Waals surface area contributed by atoms with Crippen molar-refractivity contribution < 1.29 is 14.3 Å². The van der Waals surface area contributed by atoms with Gasteiger partial charge in [-0.25, -0.2) is 0 Å². The monoisotopic (exact) mass is 402 g/mol. The van der Waals surface area contributed by atoms with Crippen molar-refractivity contribution in [3.8, 4) is 5.75 Å². The second kappa shape index (κ2) is 10.7.